The Labute approximate surface area is 234 Å². The summed E-state index contributed by atoms with van der Waals surface area (Å²) in [7, 11) is 0. The van der Waals surface area contributed by atoms with Crippen LogP contribution in [0.3, 0.4) is 0 Å². The van der Waals surface area contributed by atoms with Gasteiger partial charge >= 0.3 is 0 Å². The summed E-state index contributed by atoms with van der Waals surface area (Å²) in [6.07, 6.45) is 22.3. The number of unbranched alkanes of at least 4 members (excludes halogenated alkanes) is 8. The van der Waals surface area contributed by atoms with Gasteiger partial charge in [-0.05, 0) is 86.5 Å². The molecule has 1 aromatic rings. The van der Waals surface area contributed by atoms with E-state index in [4.69, 9.17) is 4.74 Å². The van der Waals surface area contributed by atoms with Crippen LogP contribution >= 0.6 is 0 Å². The Morgan fingerprint density at radius 2 is 1.50 bits per heavy atom. The fourth-order valence-electron chi connectivity index (χ4n) is 7.46. The van der Waals surface area contributed by atoms with Gasteiger partial charge in [-0.3, -0.25) is 0 Å². The number of benzene rings is 1. The highest BCUT2D eigenvalue weighted by Gasteiger charge is 2.50. The highest BCUT2D eigenvalue weighted by atomic mass is 16.5. The van der Waals surface area contributed by atoms with Crippen LogP contribution in [-0.2, 0) is 6.42 Å². The van der Waals surface area contributed by atoms with Gasteiger partial charge in [-0.1, -0.05) is 91.9 Å². The Morgan fingerprint density at radius 3 is 2.13 bits per heavy atom. The normalized spacial score (nSPS) is 18.9. The minimum absolute atomic E-state index is 0.221. The van der Waals surface area contributed by atoms with Crippen molar-refractivity contribution >= 4 is 5.57 Å². The van der Waals surface area contributed by atoms with Crippen LogP contribution in [0, 0.1) is 11.8 Å². The molecule has 5 rings (SSSR count). The number of nitrogens with zero attached hydrogens (tertiary/aromatic N) is 1. The SMILES string of the molecule is CCCCCCC1(CCCCCC)Oc2cc(CCC(C)CCCCC)cc(O)c2C2=C1N1CCC2CC1. The van der Waals surface area contributed by atoms with Crippen LogP contribution < -0.4 is 4.74 Å². The van der Waals surface area contributed by atoms with Gasteiger partial charge in [-0.2, -0.15) is 0 Å². The summed E-state index contributed by atoms with van der Waals surface area (Å²) >= 11 is 0. The Morgan fingerprint density at radius 1 is 0.868 bits per heavy atom. The van der Waals surface area contributed by atoms with Crippen molar-refractivity contribution in [2.75, 3.05) is 13.1 Å². The molecule has 0 amide bonds. The minimum Gasteiger partial charge on any atom is -0.507 e. The monoisotopic (exact) mass is 523 g/mol. The van der Waals surface area contributed by atoms with Crippen LogP contribution in [0.4, 0.5) is 0 Å². The van der Waals surface area contributed by atoms with Gasteiger partial charge in [-0.15, -0.1) is 0 Å². The van der Waals surface area contributed by atoms with E-state index in [0.29, 0.717) is 11.7 Å². The second kappa shape index (κ2) is 14.1. The third-order valence-electron chi connectivity index (χ3n) is 9.72. The van der Waals surface area contributed by atoms with Crippen molar-refractivity contribution in [3.05, 3.63) is 29.0 Å². The van der Waals surface area contributed by atoms with E-state index in [1.165, 1.54) is 113 Å². The lowest BCUT2D eigenvalue weighted by atomic mass is 9.70. The highest BCUT2D eigenvalue weighted by molar-refractivity contribution is 5.83. The van der Waals surface area contributed by atoms with E-state index < -0.39 is 0 Å². The van der Waals surface area contributed by atoms with Crippen LogP contribution in [0.5, 0.6) is 11.5 Å². The molecule has 1 unspecified atom stereocenters. The first-order valence-electron chi connectivity index (χ1n) is 16.6. The van der Waals surface area contributed by atoms with Crippen LogP contribution in [0.25, 0.3) is 5.57 Å². The Kier molecular flexibility index (Phi) is 10.9. The highest BCUT2D eigenvalue weighted by Crippen LogP contribution is 2.56. The number of ether oxygens (including phenoxy) is 1. The molecule has 0 aliphatic carbocycles. The lowest BCUT2D eigenvalue weighted by molar-refractivity contribution is 0.0293. The van der Waals surface area contributed by atoms with Gasteiger partial charge in [0.2, 0.25) is 0 Å². The van der Waals surface area contributed by atoms with Crippen molar-refractivity contribution < 1.29 is 9.84 Å². The second-order valence-corrected chi connectivity index (χ2v) is 12.9. The number of phenolic OH excluding ortho intramolecular Hbond substituents is 1. The number of fused-ring (bicyclic) bond motifs is 3. The Bertz CT molecular complexity index is 899. The van der Waals surface area contributed by atoms with Gasteiger partial charge in [0.15, 0.2) is 0 Å². The third kappa shape index (κ3) is 6.73. The van der Waals surface area contributed by atoms with Gasteiger partial charge in [0.05, 0.1) is 11.3 Å². The van der Waals surface area contributed by atoms with Gasteiger partial charge in [0.25, 0.3) is 0 Å². The van der Waals surface area contributed by atoms with E-state index in [9.17, 15) is 5.11 Å². The topological polar surface area (TPSA) is 32.7 Å². The summed E-state index contributed by atoms with van der Waals surface area (Å²) in [6.45, 7) is 11.6. The number of allylic oxidation sites excluding steroid dienone is 1. The molecule has 3 nitrogen and oxygen atoms in total. The average Bonchev–Trinajstić information content (AvgIpc) is 2.93. The van der Waals surface area contributed by atoms with Crippen molar-refractivity contribution in [2.45, 2.75) is 149 Å². The molecule has 1 saturated heterocycles. The quantitative estimate of drug-likeness (QED) is 0.206. The molecule has 0 radical (unpaired) electrons. The average molecular weight is 524 g/mol. The molecule has 4 aliphatic rings. The lowest BCUT2D eigenvalue weighted by Crippen LogP contribution is -2.53. The summed E-state index contributed by atoms with van der Waals surface area (Å²) in [5.41, 5.74) is 4.98. The van der Waals surface area contributed by atoms with Crippen LogP contribution in [-0.4, -0.2) is 28.7 Å². The summed E-state index contributed by atoms with van der Waals surface area (Å²) in [5.74, 6) is 2.74. The molecule has 1 fully saturated rings. The number of hydrogen-bond donors (Lipinski definition) is 1. The number of rotatable bonds is 17. The zero-order valence-electron chi connectivity index (χ0n) is 25.3. The predicted molar refractivity (Wildman–Crippen MR) is 162 cm³/mol. The minimum atomic E-state index is -0.221. The van der Waals surface area contributed by atoms with Gasteiger partial charge < -0.3 is 14.7 Å². The molecule has 3 heteroatoms. The van der Waals surface area contributed by atoms with E-state index in [1.807, 2.05) is 0 Å². The maximum absolute atomic E-state index is 11.5. The van der Waals surface area contributed by atoms with Crippen LogP contribution in [0.15, 0.2) is 17.8 Å². The predicted octanol–water partition coefficient (Wildman–Crippen LogP) is 10.0. The summed E-state index contributed by atoms with van der Waals surface area (Å²) in [4.78, 5) is 2.66. The third-order valence-corrected chi connectivity index (χ3v) is 9.72. The standard InChI is InChI=1S/C35H57NO2/c1-5-8-11-14-21-35(22-15-12-9-6-2)34-32(29-19-23-36(34)24-20-29)33-30(37)25-28(26-31(33)38-35)18-17-27(4)16-13-10-7-3/h25-27,29,37H,5-24H2,1-4H3. The van der Waals surface area contributed by atoms with E-state index >= 15 is 0 Å². The number of aromatic hydroxyl groups is 1. The van der Waals surface area contributed by atoms with E-state index in [1.54, 1.807) is 0 Å². The largest absolute Gasteiger partial charge is 0.507 e. The molecule has 1 atom stereocenters. The molecule has 0 spiro atoms. The molecule has 1 N–H and O–H groups in total. The van der Waals surface area contributed by atoms with Crippen LogP contribution in [0.2, 0.25) is 0 Å². The number of phenols is 1. The van der Waals surface area contributed by atoms with E-state index in [0.717, 1.165) is 49.6 Å². The molecule has 2 bridgehead atoms. The van der Waals surface area contributed by atoms with Gasteiger partial charge in [0, 0.05) is 13.1 Å². The van der Waals surface area contributed by atoms with Gasteiger partial charge in [0.1, 0.15) is 17.1 Å². The smallest absolute Gasteiger partial charge is 0.149 e. The molecular weight excluding hydrogens is 466 g/mol. The lowest BCUT2D eigenvalue weighted by Gasteiger charge is -2.54. The molecule has 1 aromatic carbocycles. The van der Waals surface area contributed by atoms with Crippen molar-refractivity contribution in [1.82, 2.24) is 4.90 Å². The molecule has 4 aliphatic heterocycles. The molecule has 0 saturated carbocycles. The first-order valence-corrected chi connectivity index (χ1v) is 16.6. The molecule has 0 aromatic heterocycles. The summed E-state index contributed by atoms with van der Waals surface area (Å²) < 4.78 is 7.25. The second-order valence-electron chi connectivity index (χ2n) is 12.9. The summed E-state index contributed by atoms with van der Waals surface area (Å²) in [6, 6.07) is 4.39. The maximum Gasteiger partial charge on any atom is 0.149 e. The molecule has 4 heterocycles. The summed E-state index contributed by atoms with van der Waals surface area (Å²) in [5, 5.41) is 11.5. The van der Waals surface area contributed by atoms with Crippen molar-refractivity contribution in [3.8, 4) is 11.5 Å². The zero-order valence-corrected chi connectivity index (χ0v) is 25.3. The Balaban J connectivity index is 1.65. The maximum atomic E-state index is 11.5. The van der Waals surface area contributed by atoms with Gasteiger partial charge in [-0.25, -0.2) is 0 Å². The zero-order chi connectivity index (χ0) is 27.0. The fraction of sp³-hybridized carbons (Fsp3) is 0.771. The first kappa shape index (κ1) is 29.3. The first-order chi connectivity index (χ1) is 18.5. The fourth-order valence-corrected chi connectivity index (χ4v) is 7.46. The molecular formula is C35H57NO2. The molecule has 38 heavy (non-hydrogen) atoms. The Hall–Kier alpha value is -1.64. The number of aryl methyl sites for hydroxylation is 1. The molecule has 214 valence electrons. The van der Waals surface area contributed by atoms with Crippen molar-refractivity contribution in [1.29, 1.82) is 0 Å². The number of hydrogen-bond acceptors (Lipinski definition) is 3. The van der Waals surface area contributed by atoms with Crippen molar-refractivity contribution in [2.24, 2.45) is 11.8 Å². The van der Waals surface area contributed by atoms with E-state index in [-0.39, 0.29) is 5.60 Å². The van der Waals surface area contributed by atoms with Crippen LogP contribution in [0.1, 0.15) is 148 Å². The number of piperidine rings is 1. The van der Waals surface area contributed by atoms with E-state index in [2.05, 4.69) is 44.7 Å². The van der Waals surface area contributed by atoms with Crippen molar-refractivity contribution in [3.63, 3.8) is 0 Å².